The number of methoxy groups -OCH3 is 1. The summed E-state index contributed by atoms with van der Waals surface area (Å²) < 4.78 is 11.3. The van der Waals surface area contributed by atoms with Gasteiger partial charge in [-0.15, -0.1) is 0 Å². The van der Waals surface area contributed by atoms with Gasteiger partial charge in [-0.3, -0.25) is 9.59 Å². The molecule has 0 aliphatic carbocycles. The van der Waals surface area contributed by atoms with Crippen LogP contribution in [0.15, 0.2) is 84.9 Å². The van der Waals surface area contributed by atoms with Crippen molar-refractivity contribution in [1.82, 2.24) is 10.6 Å². The molecule has 6 nitrogen and oxygen atoms in total. The zero-order valence-corrected chi connectivity index (χ0v) is 18.6. The Morgan fingerprint density at radius 2 is 1.55 bits per heavy atom. The second kappa shape index (κ2) is 12.7. The van der Waals surface area contributed by atoms with Crippen molar-refractivity contribution in [3.05, 3.63) is 102 Å². The maximum Gasteiger partial charge on any atom is 0.244 e. The van der Waals surface area contributed by atoms with Crippen molar-refractivity contribution in [1.29, 1.82) is 0 Å². The molecule has 2 amide bonds. The molecule has 0 aliphatic heterocycles. The van der Waals surface area contributed by atoms with Gasteiger partial charge >= 0.3 is 0 Å². The lowest BCUT2D eigenvalue weighted by molar-refractivity contribution is -0.121. The van der Waals surface area contributed by atoms with Gasteiger partial charge in [-0.2, -0.15) is 0 Å². The van der Waals surface area contributed by atoms with Gasteiger partial charge in [-0.25, -0.2) is 0 Å². The Morgan fingerprint density at radius 1 is 0.848 bits per heavy atom. The molecule has 33 heavy (non-hydrogen) atoms. The average molecular weight is 445 g/mol. The molecule has 0 radical (unpaired) electrons. The molecule has 3 aromatic rings. The van der Waals surface area contributed by atoms with Crippen LogP contribution in [0.5, 0.6) is 11.5 Å². The van der Waals surface area contributed by atoms with Crippen molar-refractivity contribution in [2.45, 2.75) is 19.6 Å². The monoisotopic (exact) mass is 444 g/mol. The van der Waals surface area contributed by atoms with Crippen LogP contribution in [0.4, 0.5) is 0 Å². The van der Waals surface area contributed by atoms with E-state index in [1.807, 2.05) is 72.8 Å². The predicted molar refractivity (Wildman–Crippen MR) is 129 cm³/mol. The summed E-state index contributed by atoms with van der Waals surface area (Å²) in [6, 6.07) is 25.0. The Labute approximate surface area is 194 Å². The lowest BCUT2D eigenvalue weighted by atomic mass is 10.2. The summed E-state index contributed by atoms with van der Waals surface area (Å²) in [6.45, 7) is 1.17. The molecule has 0 saturated heterocycles. The number of hydrogen-bond donors (Lipinski definition) is 2. The van der Waals surface area contributed by atoms with E-state index in [-0.39, 0.29) is 24.8 Å². The van der Waals surface area contributed by atoms with Crippen molar-refractivity contribution < 1.29 is 19.1 Å². The van der Waals surface area contributed by atoms with Crippen LogP contribution in [-0.4, -0.2) is 25.5 Å². The first-order valence-corrected chi connectivity index (χ1v) is 10.8. The molecule has 2 N–H and O–H groups in total. The third kappa shape index (κ3) is 8.18. The second-order valence-corrected chi connectivity index (χ2v) is 7.32. The van der Waals surface area contributed by atoms with E-state index >= 15 is 0 Å². The minimum Gasteiger partial charge on any atom is -0.493 e. The zero-order chi connectivity index (χ0) is 23.3. The van der Waals surface area contributed by atoms with E-state index in [4.69, 9.17) is 9.47 Å². The average Bonchev–Trinajstić information content (AvgIpc) is 2.86. The molecule has 6 heteroatoms. The van der Waals surface area contributed by atoms with Gasteiger partial charge < -0.3 is 20.1 Å². The Bertz CT molecular complexity index is 1070. The number of rotatable bonds is 11. The van der Waals surface area contributed by atoms with Gasteiger partial charge in [0.15, 0.2) is 11.5 Å². The van der Waals surface area contributed by atoms with Crippen LogP contribution in [0, 0.1) is 0 Å². The fraction of sp³-hybridized carbons (Fsp3) is 0.185. The largest absolute Gasteiger partial charge is 0.493 e. The van der Waals surface area contributed by atoms with E-state index < -0.39 is 0 Å². The number of benzene rings is 3. The van der Waals surface area contributed by atoms with Crippen LogP contribution in [0.2, 0.25) is 0 Å². The van der Waals surface area contributed by atoms with E-state index in [0.717, 1.165) is 16.7 Å². The van der Waals surface area contributed by atoms with Crippen LogP contribution in [0.3, 0.4) is 0 Å². The fourth-order valence-electron chi connectivity index (χ4n) is 3.06. The van der Waals surface area contributed by atoms with Crippen LogP contribution < -0.4 is 20.1 Å². The van der Waals surface area contributed by atoms with Gasteiger partial charge in [0.25, 0.3) is 0 Å². The minimum absolute atomic E-state index is 0.112. The Hall–Kier alpha value is -4.06. The van der Waals surface area contributed by atoms with Crippen LogP contribution in [0.25, 0.3) is 6.08 Å². The highest BCUT2D eigenvalue weighted by Gasteiger charge is 2.06. The summed E-state index contributed by atoms with van der Waals surface area (Å²) in [4.78, 5) is 24.0. The number of ether oxygens (including phenoxy) is 2. The summed E-state index contributed by atoms with van der Waals surface area (Å²) in [6.07, 6.45) is 3.34. The zero-order valence-electron chi connectivity index (χ0n) is 18.6. The van der Waals surface area contributed by atoms with Crippen LogP contribution in [0.1, 0.15) is 23.1 Å². The topological polar surface area (TPSA) is 76.7 Å². The first kappa shape index (κ1) is 23.6. The normalized spacial score (nSPS) is 10.6. The molecular weight excluding hydrogens is 416 g/mol. The first-order valence-electron chi connectivity index (χ1n) is 10.8. The highest BCUT2D eigenvalue weighted by molar-refractivity contribution is 5.92. The van der Waals surface area contributed by atoms with Crippen molar-refractivity contribution in [3.63, 3.8) is 0 Å². The van der Waals surface area contributed by atoms with E-state index in [0.29, 0.717) is 24.7 Å². The maximum atomic E-state index is 12.1. The molecule has 0 unspecified atom stereocenters. The summed E-state index contributed by atoms with van der Waals surface area (Å²) in [5.74, 6) is 0.834. The molecule has 0 spiro atoms. The number of amides is 2. The number of hydrogen-bond acceptors (Lipinski definition) is 4. The number of carbonyl (C=O) groups is 2. The third-order valence-electron chi connectivity index (χ3n) is 4.84. The summed E-state index contributed by atoms with van der Waals surface area (Å²) in [5, 5.41) is 5.55. The van der Waals surface area contributed by atoms with E-state index in [2.05, 4.69) is 10.6 Å². The van der Waals surface area contributed by atoms with Crippen molar-refractivity contribution in [2.75, 3.05) is 13.7 Å². The van der Waals surface area contributed by atoms with Gasteiger partial charge in [0.2, 0.25) is 11.8 Å². The minimum atomic E-state index is -0.269. The number of nitrogens with one attached hydrogen (secondary N) is 2. The molecule has 170 valence electrons. The Kier molecular flexibility index (Phi) is 9.09. The smallest absolute Gasteiger partial charge is 0.244 e. The quantitative estimate of drug-likeness (QED) is 0.437. The lowest BCUT2D eigenvalue weighted by Crippen LogP contribution is -2.29. The van der Waals surface area contributed by atoms with Crippen molar-refractivity contribution in [2.24, 2.45) is 0 Å². The Balaban J connectivity index is 1.42. The molecule has 0 atom stereocenters. The van der Waals surface area contributed by atoms with Gasteiger partial charge in [0, 0.05) is 25.6 Å². The molecule has 3 rings (SSSR count). The summed E-state index contributed by atoms with van der Waals surface area (Å²) in [5.41, 5.74) is 2.90. The number of carbonyl (C=O) groups excluding carboxylic acids is 2. The van der Waals surface area contributed by atoms with Gasteiger partial charge in [0.05, 0.1) is 7.11 Å². The SMILES string of the molecule is COc1cc(/C=C/C(=O)NCCC(=O)NCc2ccccc2)ccc1OCc1ccccc1. The van der Waals surface area contributed by atoms with E-state index in [1.165, 1.54) is 6.08 Å². The van der Waals surface area contributed by atoms with Gasteiger partial charge in [-0.05, 0) is 34.9 Å². The van der Waals surface area contributed by atoms with E-state index in [9.17, 15) is 9.59 Å². The van der Waals surface area contributed by atoms with Crippen molar-refractivity contribution in [3.8, 4) is 11.5 Å². The first-order chi connectivity index (χ1) is 16.1. The van der Waals surface area contributed by atoms with Gasteiger partial charge in [-0.1, -0.05) is 66.7 Å². The standard InChI is InChI=1S/C27H28N2O4/c1-32-25-18-21(12-14-24(25)33-20-23-10-6-3-7-11-23)13-15-26(30)28-17-16-27(31)29-19-22-8-4-2-5-9-22/h2-15,18H,16-17,19-20H2,1H3,(H,28,30)(H,29,31)/b15-13+. The molecule has 3 aromatic carbocycles. The molecule has 0 saturated carbocycles. The van der Waals surface area contributed by atoms with Crippen molar-refractivity contribution >= 4 is 17.9 Å². The molecule has 0 bridgehead atoms. The second-order valence-electron chi connectivity index (χ2n) is 7.32. The molecule has 0 aliphatic rings. The maximum absolute atomic E-state index is 12.1. The van der Waals surface area contributed by atoms with E-state index in [1.54, 1.807) is 19.3 Å². The van der Waals surface area contributed by atoms with Crippen LogP contribution >= 0.6 is 0 Å². The molecule has 0 aromatic heterocycles. The third-order valence-corrected chi connectivity index (χ3v) is 4.84. The van der Waals surface area contributed by atoms with Crippen LogP contribution in [-0.2, 0) is 22.7 Å². The molecule has 0 heterocycles. The highest BCUT2D eigenvalue weighted by atomic mass is 16.5. The fourth-order valence-corrected chi connectivity index (χ4v) is 3.06. The molecular formula is C27H28N2O4. The summed E-state index contributed by atoms with van der Waals surface area (Å²) >= 11 is 0. The van der Waals surface area contributed by atoms with Gasteiger partial charge in [0.1, 0.15) is 6.61 Å². The molecule has 0 fully saturated rings. The Morgan fingerprint density at radius 3 is 2.24 bits per heavy atom. The summed E-state index contributed by atoms with van der Waals surface area (Å²) in [7, 11) is 1.58. The predicted octanol–water partition coefficient (Wildman–Crippen LogP) is 4.11. The lowest BCUT2D eigenvalue weighted by Gasteiger charge is -2.11. The highest BCUT2D eigenvalue weighted by Crippen LogP contribution is 2.29.